The minimum atomic E-state index is -0.0868. The topological polar surface area (TPSA) is 46.9 Å². The third kappa shape index (κ3) is 4.54. The summed E-state index contributed by atoms with van der Waals surface area (Å²) in [6.45, 7) is 13.3. The Kier molecular flexibility index (Phi) is 5.29. The highest BCUT2D eigenvalue weighted by atomic mass is 16.1. The molecule has 1 atom stereocenters. The molecule has 1 N–H and O–H groups in total. The lowest BCUT2D eigenvalue weighted by Gasteiger charge is -2.32. The van der Waals surface area contributed by atoms with Crippen LogP contribution in [0.3, 0.4) is 0 Å². The van der Waals surface area contributed by atoms with E-state index in [0.29, 0.717) is 6.67 Å². The zero-order valence-corrected chi connectivity index (χ0v) is 15.6. The highest BCUT2D eigenvalue weighted by Gasteiger charge is 2.26. The SMILES string of the molecule is CC(C)(C)c1ccc(=O)n(CN[C@@H](c2ccccc2)C(C)(C)C)n1. The summed E-state index contributed by atoms with van der Waals surface area (Å²) in [5.74, 6) is 0. The summed E-state index contributed by atoms with van der Waals surface area (Å²) in [7, 11) is 0. The number of nitrogens with zero attached hydrogens (tertiary/aromatic N) is 2. The van der Waals surface area contributed by atoms with Crippen LogP contribution in [0, 0.1) is 5.41 Å². The Morgan fingerprint density at radius 3 is 2.17 bits per heavy atom. The zero-order valence-electron chi connectivity index (χ0n) is 15.6. The lowest BCUT2D eigenvalue weighted by atomic mass is 9.82. The molecule has 1 aromatic carbocycles. The maximum atomic E-state index is 12.2. The molecule has 0 aliphatic heterocycles. The molecule has 2 rings (SSSR count). The van der Waals surface area contributed by atoms with E-state index in [2.05, 4.69) is 64.1 Å². The van der Waals surface area contributed by atoms with E-state index in [0.717, 1.165) is 5.69 Å². The van der Waals surface area contributed by atoms with Gasteiger partial charge in [0, 0.05) is 17.5 Å². The first kappa shape index (κ1) is 18.4. The van der Waals surface area contributed by atoms with Crippen LogP contribution < -0.4 is 10.9 Å². The summed E-state index contributed by atoms with van der Waals surface area (Å²) in [4.78, 5) is 12.2. The molecule has 1 aromatic heterocycles. The van der Waals surface area contributed by atoms with Gasteiger partial charge < -0.3 is 0 Å². The van der Waals surface area contributed by atoms with Crippen molar-refractivity contribution in [3.63, 3.8) is 0 Å². The first-order chi connectivity index (χ1) is 11.1. The van der Waals surface area contributed by atoms with Crippen LogP contribution in [0.1, 0.15) is 58.8 Å². The summed E-state index contributed by atoms with van der Waals surface area (Å²) in [5.41, 5.74) is 1.97. The van der Waals surface area contributed by atoms with Crippen LogP contribution in [0.15, 0.2) is 47.3 Å². The van der Waals surface area contributed by atoms with Crippen molar-refractivity contribution >= 4 is 0 Å². The molecular formula is C20H29N3O. The monoisotopic (exact) mass is 327 g/mol. The van der Waals surface area contributed by atoms with Gasteiger partial charge in [-0.3, -0.25) is 10.1 Å². The highest BCUT2D eigenvalue weighted by molar-refractivity contribution is 5.20. The van der Waals surface area contributed by atoms with Gasteiger partial charge in [-0.25, -0.2) is 4.68 Å². The minimum Gasteiger partial charge on any atom is -0.291 e. The second kappa shape index (κ2) is 6.89. The largest absolute Gasteiger partial charge is 0.291 e. The Morgan fingerprint density at radius 1 is 1.00 bits per heavy atom. The molecule has 24 heavy (non-hydrogen) atoms. The van der Waals surface area contributed by atoms with E-state index in [-0.39, 0.29) is 22.4 Å². The van der Waals surface area contributed by atoms with E-state index >= 15 is 0 Å². The fraction of sp³-hybridized carbons (Fsp3) is 0.500. The minimum absolute atomic E-state index is 0.0204. The summed E-state index contributed by atoms with van der Waals surface area (Å²) < 4.78 is 1.52. The van der Waals surface area contributed by atoms with Gasteiger partial charge in [-0.15, -0.1) is 0 Å². The van der Waals surface area contributed by atoms with Crippen LogP contribution in [0.5, 0.6) is 0 Å². The first-order valence-corrected chi connectivity index (χ1v) is 8.46. The predicted molar refractivity (Wildman–Crippen MR) is 99.0 cm³/mol. The Hall–Kier alpha value is -1.94. The fourth-order valence-corrected chi connectivity index (χ4v) is 2.71. The summed E-state index contributed by atoms with van der Waals surface area (Å²) in [6, 6.07) is 13.9. The second-order valence-electron chi connectivity index (χ2n) is 8.38. The Balaban J connectivity index is 2.26. The molecule has 4 heteroatoms. The van der Waals surface area contributed by atoms with Crippen molar-refractivity contribution in [1.29, 1.82) is 0 Å². The van der Waals surface area contributed by atoms with E-state index in [1.165, 1.54) is 10.2 Å². The first-order valence-electron chi connectivity index (χ1n) is 8.46. The molecule has 0 saturated carbocycles. The molecule has 0 aliphatic carbocycles. The van der Waals surface area contributed by atoms with Crippen molar-refractivity contribution in [2.24, 2.45) is 5.41 Å². The molecule has 1 heterocycles. The van der Waals surface area contributed by atoms with E-state index in [9.17, 15) is 4.79 Å². The van der Waals surface area contributed by atoms with Crippen molar-refractivity contribution < 1.29 is 0 Å². The summed E-state index contributed by atoms with van der Waals surface area (Å²) >= 11 is 0. The van der Waals surface area contributed by atoms with Gasteiger partial charge in [-0.2, -0.15) is 5.10 Å². The number of hydrogen-bond donors (Lipinski definition) is 1. The molecule has 130 valence electrons. The Labute approximate surface area is 144 Å². The van der Waals surface area contributed by atoms with Crippen LogP contribution in [-0.2, 0) is 12.1 Å². The molecule has 0 unspecified atom stereocenters. The van der Waals surface area contributed by atoms with Gasteiger partial charge in [0.1, 0.15) is 0 Å². The van der Waals surface area contributed by atoms with Gasteiger partial charge in [0.2, 0.25) is 0 Å². The Bertz CT molecular complexity index is 721. The van der Waals surface area contributed by atoms with Crippen molar-refractivity contribution in [1.82, 2.24) is 15.1 Å². The average Bonchev–Trinajstić information content (AvgIpc) is 2.48. The molecule has 0 fully saturated rings. The predicted octanol–water partition coefficient (Wildman–Crippen LogP) is 3.88. The summed E-state index contributed by atoms with van der Waals surface area (Å²) in [5, 5.41) is 8.05. The fourth-order valence-electron chi connectivity index (χ4n) is 2.71. The van der Waals surface area contributed by atoms with Gasteiger partial charge in [0.25, 0.3) is 5.56 Å². The molecular weight excluding hydrogens is 298 g/mol. The van der Waals surface area contributed by atoms with E-state index < -0.39 is 0 Å². The van der Waals surface area contributed by atoms with Gasteiger partial charge >= 0.3 is 0 Å². The lowest BCUT2D eigenvalue weighted by Crippen LogP contribution is -2.38. The van der Waals surface area contributed by atoms with Gasteiger partial charge in [0.15, 0.2) is 0 Å². The average molecular weight is 327 g/mol. The maximum Gasteiger partial charge on any atom is 0.267 e. The molecule has 0 aliphatic rings. The number of rotatable bonds is 4. The number of benzene rings is 1. The van der Waals surface area contributed by atoms with Gasteiger partial charge in [-0.1, -0.05) is 71.9 Å². The molecule has 0 saturated heterocycles. The molecule has 2 aromatic rings. The number of nitrogens with one attached hydrogen (secondary N) is 1. The molecule has 0 amide bonds. The van der Waals surface area contributed by atoms with Crippen LogP contribution >= 0.6 is 0 Å². The molecule has 0 radical (unpaired) electrons. The third-order valence-corrected chi connectivity index (χ3v) is 4.08. The standard InChI is InChI=1S/C20H29N3O/c1-19(2,3)16-12-13-17(24)23(22-16)14-21-18(20(4,5)6)15-10-8-7-9-11-15/h7-13,18,21H,14H2,1-6H3/t18-/m0/s1. The maximum absolute atomic E-state index is 12.2. The van der Waals surface area contributed by atoms with Crippen LogP contribution in [0.4, 0.5) is 0 Å². The quantitative estimate of drug-likeness (QED) is 0.927. The lowest BCUT2D eigenvalue weighted by molar-refractivity contribution is 0.249. The smallest absolute Gasteiger partial charge is 0.267 e. The normalized spacial score (nSPS) is 13.8. The molecule has 4 nitrogen and oxygen atoms in total. The second-order valence-corrected chi connectivity index (χ2v) is 8.38. The number of aromatic nitrogens is 2. The van der Waals surface area contributed by atoms with Gasteiger partial charge in [0.05, 0.1) is 12.4 Å². The van der Waals surface area contributed by atoms with E-state index in [4.69, 9.17) is 0 Å². The van der Waals surface area contributed by atoms with E-state index in [1.54, 1.807) is 6.07 Å². The van der Waals surface area contributed by atoms with Crippen molar-refractivity contribution in [2.75, 3.05) is 0 Å². The van der Waals surface area contributed by atoms with Crippen molar-refractivity contribution in [3.8, 4) is 0 Å². The zero-order chi connectivity index (χ0) is 18.0. The Morgan fingerprint density at radius 2 is 1.62 bits per heavy atom. The van der Waals surface area contributed by atoms with Crippen LogP contribution in [0.2, 0.25) is 0 Å². The van der Waals surface area contributed by atoms with E-state index in [1.807, 2.05) is 24.3 Å². The van der Waals surface area contributed by atoms with Crippen LogP contribution in [0.25, 0.3) is 0 Å². The van der Waals surface area contributed by atoms with Gasteiger partial charge in [-0.05, 0) is 17.0 Å². The molecule has 0 spiro atoms. The van der Waals surface area contributed by atoms with Crippen LogP contribution in [-0.4, -0.2) is 9.78 Å². The van der Waals surface area contributed by atoms with Crippen molar-refractivity contribution in [3.05, 3.63) is 64.1 Å². The highest BCUT2D eigenvalue weighted by Crippen LogP contribution is 2.32. The third-order valence-electron chi connectivity index (χ3n) is 4.08. The van der Waals surface area contributed by atoms with Crippen molar-refractivity contribution in [2.45, 2.75) is 59.7 Å². The number of hydrogen-bond acceptors (Lipinski definition) is 3. The molecule has 0 bridgehead atoms. The summed E-state index contributed by atoms with van der Waals surface area (Å²) in [6.07, 6.45) is 0.